The minimum atomic E-state index is -0.605. The first-order valence-electron chi connectivity index (χ1n) is 15.8. The van der Waals surface area contributed by atoms with Crippen LogP contribution < -0.4 is 10.6 Å². The molecule has 222 valence electrons. The third-order valence-electron chi connectivity index (χ3n) is 9.85. The molecule has 3 aliphatic carbocycles. The monoisotopic (exact) mass is 546 g/mol. The summed E-state index contributed by atoms with van der Waals surface area (Å²) in [6, 6.07) is 0. The van der Waals surface area contributed by atoms with Crippen LogP contribution in [-0.4, -0.2) is 48.9 Å². The van der Waals surface area contributed by atoms with Crippen LogP contribution in [0.2, 0.25) is 0 Å². The Morgan fingerprint density at radius 1 is 1.00 bits per heavy atom. The number of carbonyl (C=O) groups excluding carboxylic acids is 3. The predicted molar refractivity (Wildman–Crippen MR) is 156 cm³/mol. The summed E-state index contributed by atoms with van der Waals surface area (Å²) in [4.78, 5) is 38.0. The van der Waals surface area contributed by atoms with Gasteiger partial charge in [-0.05, 0) is 55.8 Å². The predicted octanol–water partition coefficient (Wildman–Crippen LogP) is 5.64. The van der Waals surface area contributed by atoms with Crippen molar-refractivity contribution in [1.82, 2.24) is 10.6 Å². The van der Waals surface area contributed by atoms with E-state index >= 15 is 0 Å². The summed E-state index contributed by atoms with van der Waals surface area (Å²) >= 11 is 0. The van der Waals surface area contributed by atoms with Gasteiger partial charge in [-0.25, -0.2) is 0 Å². The molecule has 39 heavy (non-hydrogen) atoms. The molecular formula is C31H55BN2O5. The maximum absolute atomic E-state index is 13.6. The van der Waals surface area contributed by atoms with E-state index in [0.29, 0.717) is 24.2 Å². The minimum Gasteiger partial charge on any atom is -0.404 e. The Labute approximate surface area is 237 Å². The van der Waals surface area contributed by atoms with Gasteiger partial charge in [-0.1, -0.05) is 73.1 Å². The summed E-state index contributed by atoms with van der Waals surface area (Å²) in [5, 5.41) is 5.96. The van der Waals surface area contributed by atoms with Crippen molar-refractivity contribution in [2.45, 2.75) is 143 Å². The highest BCUT2D eigenvalue weighted by molar-refractivity contribution is 6.47. The van der Waals surface area contributed by atoms with Gasteiger partial charge in [-0.15, -0.1) is 0 Å². The zero-order valence-corrected chi connectivity index (χ0v) is 25.8. The van der Waals surface area contributed by atoms with Crippen LogP contribution in [0.15, 0.2) is 0 Å². The van der Waals surface area contributed by atoms with Gasteiger partial charge in [0, 0.05) is 26.3 Å². The highest BCUT2D eigenvalue weighted by Crippen LogP contribution is 2.65. The Balaban J connectivity index is 1.59. The lowest BCUT2D eigenvalue weighted by Gasteiger charge is -2.64. The number of amides is 2. The van der Waals surface area contributed by atoms with Crippen molar-refractivity contribution in [3.63, 3.8) is 0 Å². The van der Waals surface area contributed by atoms with Gasteiger partial charge >= 0.3 is 7.12 Å². The molecule has 2 bridgehead atoms. The van der Waals surface area contributed by atoms with Crippen LogP contribution in [0.3, 0.4) is 0 Å². The second kappa shape index (κ2) is 14.0. The zero-order chi connectivity index (χ0) is 28.8. The molecule has 0 aromatic heterocycles. The molecule has 1 aliphatic heterocycles. The topological polar surface area (TPSA) is 93.7 Å². The number of hydrogen-bond acceptors (Lipinski definition) is 5. The van der Waals surface area contributed by atoms with Gasteiger partial charge in [0.2, 0.25) is 11.8 Å². The van der Waals surface area contributed by atoms with Crippen molar-refractivity contribution in [1.29, 1.82) is 0 Å². The molecule has 4 fully saturated rings. The lowest BCUT2D eigenvalue weighted by atomic mass is 9.43. The van der Waals surface area contributed by atoms with E-state index in [2.05, 4.69) is 52.2 Å². The summed E-state index contributed by atoms with van der Waals surface area (Å²) in [5.74, 6) is 0.201. The molecule has 3 saturated carbocycles. The third-order valence-corrected chi connectivity index (χ3v) is 9.85. The maximum Gasteiger partial charge on any atom is 0.481 e. The van der Waals surface area contributed by atoms with Gasteiger partial charge in [-0.2, -0.15) is 0 Å². The maximum atomic E-state index is 13.6. The van der Waals surface area contributed by atoms with E-state index in [1.807, 2.05) is 0 Å². The zero-order valence-electron chi connectivity index (χ0n) is 25.8. The first kappa shape index (κ1) is 32.1. The Morgan fingerprint density at radius 2 is 1.67 bits per heavy atom. The average molecular weight is 547 g/mol. The lowest BCUT2D eigenvalue weighted by molar-refractivity contribution is -0.199. The summed E-state index contributed by atoms with van der Waals surface area (Å²) in [6.45, 7) is 14.9. The fourth-order valence-electron chi connectivity index (χ4n) is 7.30. The second-order valence-corrected chi connectivity index (χ2v) is 13.8. The number of carbonyl (C=O) groups is 3. The first-order valence-corrected chi connectivity index (χ1v) is 15.8. The van der Waals surface area contributed by atoms with Gasteiger partial charge in [-0.3, -0.25) is 14.4 Å². The van der Waals surface area contributed by atoms with Crippen molar-refractivity contribution in [3.8, 4) is 0 Å². The van der Waals surface area contributed by atoms with Gasteiger partial charge < -0.3 is 19.9 Å². The number of unbranched alkanes of at least 4 members (excludes halogenated alkanes) is 6. The summed E-state index contributed by atoms with van der Waals surface area (Å²) in [5.41, 5.74) is -0.0927. The minimum absolute atomic E-state index is 0.0459. The normalized spacial score (nSPS) is 28.4. The molecule has 1 heterocycles. The van der Waals surface area contributed by atoms with E-state index in [-0.39, 0.29) is 53.6 Å². The molecule has 8 heteroatoms. The summed E-state index contributed by atoms with van der Waals surface area (Å²) in [6.07, 6.45) is 11.6. The van der Waals surface area contributed by atoms with Gasteiger partial charge in [0.15, 0.2) is 0 Å². The van der Waals surface area contributed by atoms with E-state index in [1.165, 1.54) is 39.0 Å². The van der Waals surface area contributed by atoms with E-state index in [1.54, 1.807) is 0 Å². The molecule has 2 N–H and O–H groups in total. The van der Waals surface area contributed by atoms with Crippen molar-refractivity contribution in [2.24, 2.45) is 29.1 Å². The fourth-order valence-corrected chi connectivity index (χ4v) is 7.30. The molecular weight excluding hydrogens is 491 g/mol. The molecule has 0 aromatic carbocycles. The highest BCUT2D eigenvalue weighted by atomic mass is 16.7. The van der Waals surface area contributed by atoms with Crippen LogP contribution in [0, 0.1) is 29.1 Å². The first-order chi connectivity index (χ1) is 18.4. The molecule has 0 radical (unpaired) electrons. The number of hydrogen-bond donors (Lipinski definition) is 2. The van der Waals surface area contributed by atoms with Gasteiger partial charge in [0.25, 0.3) is 0 Å². The second-order valence-electron chi connectivity index (χ2n) is 13.8. The smallest absolute Gasteiger partial charge is 0.404 e. The molecule has 0 unspecified atom stereocenters. The van der Waals surface area contributed by atoms with Gasteiger partial charge in [0.05, 0.1) is 23.6 Å². The van der Waals surface area contributed by atoms with Crippen LogP contribution in [-0.2, 0) is 23.7 Å². The molecule has 0 spiro atoms. The number of rotatable bonds is 17. The third kappa shape index (κ3) is 8.09. The number of nitrogens with one attached hydrogen (secondary N) is 2. The standard InChI is InChI=1S/C31H55BN2O5/c1-8-9-10-11-12-13-14-15-25(36)17-23(20-33-22(4)35)29(37)34-28(16-21(2)3)32-38-27-19-24-18-26(30(24,5)6)31(27,7)39-32/h21,23-24,26-28H,8-20H2,1-7H3,(H,33,35)(H,34,37)/t23-,24-,26-,27+,28-,31-/m0/s1. The molecule has 4 aliphatic rings. The molecule has 0 aromatic rings. The van der Waals surface area contributed by atoms with Crippen LogP contribution in [0.25, 0.3) is 0 Å². The Morgan fingerprint density at radius 3 is 2.28 bits per heavy atom. The fraction of sp³-hybridized carbons (Fsp3) is 0.903. The van der Waals surface area contributed by atoms with E-state index < -0.39 is 13.0 Å². The van der Waals surface area contributed by atoms with Crippen molar-refractivity contribution in [2.75, 3.05) is 6.54 Å². The van der Waals surface area contributed by atoms with Crippen molar-refractivity contribution < 1.29 is 23.7 Å². The van der Waals surface area contributed by atoms with E-state index in [4.69, 9.17) is 9.31 Å². The SMILES string of the molecule is CCCCCCCCCC(=O)C[C@@H](CNC(C)=O)C(=O)N[C@@H](CC(C)C)B1O[C@@H]2C[C@@H]3C[C@@H](C3(C)C)[C@]2(C)O1. The van der Waals surface area contributed by atoms with E-state index in [0.717, 1.165) is 32.1 Å². The molecule has 2 amide bonds. The highest BCUT2D eigenvalue weighted by Gasteiger charge is 2.68. The van der Waals surface area contributed by atoms with Crippen molar-refractivity contribution >= 4 is 24.7 Å². The summed E-state index contributed by atoms with van der Waals surface area (Å²) < 4.78 is 13.2. The quantitative estimate of drug-likeness (QED) is 0.182. The Bertz CT molecular complexity index is 849. The van der Waals surface area contributed by atoms with Crippen LogP contribution in [0.4, 0.5) is 0 Å². The van der Waals surface area contributed by atoms with Crippen molar-refractivity contribution in [3.05, 3.63) is 0 Å². The van der Waals surface area contributed by atoms with Crippen LogP contribution in [0.1, 0.15) is 126 Å². The largest absolute Gasteiger partial charge is 0.481 e. The van der Waals surface area contributed by atoms with Crippen LogP contribution in [0.5, 0.6) is 0 Å². The number of Topliss-reactive ketones (excluding diaryl/α,β-unsaturated/α-hetero) is 1. The lowest BCUT2D eigenvalue weighted by Crippen LogP contribution is -2.65. The summed E-state index contributed by atoms with van der Waals surface area (Å²) in [7, 11) is -0.508. The molecule has 1 saturated heterocycles. The number of ketones is 1. The molecule has 4 rings (SSSR count). The molecule has 7 nitrogen and oxygen atoms in total. The Kier molecular flexibility index (Phi) is 11.5. The average Bonchev–Trinajstić information content (AvgIpc) is 3.22. The Hall–Kier alpha value is -1.41. The molecule has 6 atom stereocenters. The van der Waals surface area contributed by atoms with Crippen LogP contribution >= 0.6 is 0 Å². The van der Waals surface area contributed by atoms with Gasteiger partial charge in [0.1, 0.15) is 5.78 Å². The van der Waals surface area contributed by atoms with E-state index in [9.17, 15) is 14.4 Å².